The Hall–Kier alpha value is -1.68. The van der Waals surface area contributed by atoms with Gasteiger partial charge in [-0.15, -0.1) is 0 Å². The normalized spacial score (nSPS) is 12.8. The van der Waals surface area contributed by atoms with Crippen LogP contribution >= 0.6 is 15.9 Å². The van der Waals surface area contributed by atoms with Crippen molar-refractivity contribution in [3.8, 4) is 0 Å². The van der Waals surface area contributed by atoms with Crippen molar-refractivity contribution in [3.05, 3.63) is 71.0 Å². The van der Waals surface area contributed by atoms with Crippen molar-refractivity contribution in [3.63, 3.8) is 0 Å². The van der Waals surface area contributed by atoms with Crippen LogP contribution < -0.4 is 0 Å². The van der Waals surface area contributed by atoms with Crippen molar-refractivity contribution in [2.75, 3.05) is 0 Å². The van der Waals surface area contributed by atoms with Crippen molar-refractivity contribution in [1.29, 1.82) is 0 Å². The van der Waals surface area contributed by atoms with Gasteiger partial charge in [0.2, 0.25) is 0 Å². The van der Waals surface area contributed by atoms with Crippen molar-refractivity contribution in [2.24, 2.45) is 0 Å². The number of hydrogen-bond donors (Lipinski definition) is 0. The Balaban J connectivity index is 1.89. The van der Waals surface area contributed by atoms with Gasteiger partial charge in [-0.05, 0) is 43.2 Å². The summed E-state index contributed by atoms with van der Waals surface area (Å²) >= 11 is 3.50. The fourth-order valence-corrected chi connectivity index (χ4v) is 2.91. The quantitative estimate of drug-likeness (QED) is 0.552. The zero-order valence-corrected chi connectivity index (χ0v) is 13.0. The monoisotopic (exact) mass is 350 g/mol. The molecule has 0 saturated carbocycles. The average molecular weight is 351 g/mol. The van der Waals surface area contributed by atoms with Crippen LogP contribution in [-0.2, 0) is 6.42 Å². The van der Waals surface area contributed by atoms with Crippen molar-refractivity contribution < 1.29 is 13.2 Å². The summed E-state index contributed by atoms with van der Waals surface area (Å²) in [7, 11) is 0. The van der Waals surface area contributed by atoms with E-state index < -0.39 is 11.6 Å². The van der Waals surface area contributed by atoms with Gasteiger partial charge in [-0.1, -0.05) is 39.7 Å². The summed E-state index contributed by atoms with van der Waals surface area (Å²) in [6.45, 7) is 2.01. The molecule has 1 heterocycles. The summed E-state index contributed by atoms with van der Waals surface area (Å²) in [5.74, 6) is -0.916. The molecule has 21 heavy (non-hydrogen) atoms. The van der Waals surface area contributed by atoms with Crippen molar-refractivity contribution >= 4 is 26.9 Å². The minimum Gasteiger partial charge on any atom is -0.460 e. The maximum absolute atomic E-state index is 13.7. The minimum atomic E-state index is -0.826. The second-order valence-corrected chi connectivity index (χ2v) is 6.18. The topological polar surface area (TPSA) is 13.1 Å². The molecule has 0 aliphatic rings. The maximum atomic E-state index is 13.7. The predicted molar refractivity (Wildman–Crippen MR) is 82.7 cm³/mol. The Morgan fingerprint density at radius 3 is 2.76 bits per heavy atom. The molecule has 0 fully saturated rings. The van der Waals surface area contributed by atoms with E-state index in [1.165, 1.54) is 6.07 Å². The molecule has 0 amide bonds. The van der Waals surface area contributed by atoms with Crippen LogP contribution in [0.1, 0.15) is 21.7 Å². The fraction of sp³-hybridized carbons (Fsp3) is 0.176. The predicted octanol–water partition coefficient (Wildman–Crippen LogP) is 5.70. The molecule has 0 spiro atoms. The van der Waals surface area contributed by atoms with E-state index in [9.17, 15) is 8.78 Å². The van der Waals surface area contributed by atoms with Crippen LogP contribution in [0.2, 0.25) is 0 Å². The smallest absolute Gasteiger partial charge is 0.162 e. The van der Waals surface area contributed by atoms with Gasteiger partial charge in [0.25, 0.3) is 0 Å². The molecule has 4 heteroatoms. The molecule has 2 aromatic carbocycles. The molecule has 1 atom stereocenters. The van der Waals surface area contributed by atoms with Crippen LogP contribution in [0.3, 0.4) is 0 Å². The molecule has 108 valence electrons. The van der Waals surface area contributed by atoms with Crippen LogP contribution in [0.5, 0.6) is 0 Å². The molecule has 1 unspecified atom stereocenters. The largest absolute Gasteiger partial charge is 0.460 e. The highest BCUT2D eigenvalue weighted by molar-refractivity contribution is 9.09. The molecule has 0 N–H and O–H groups in total. The zero-order chi connectivity index (χ0) is 15.0. The van der Waals surface area contributed by atoms with E-state index in [0.717, 1.165) is 22.6 Å². The molecule has 0 saturated heterocycles. The highest BCUT2D eigenvalue weighted by Crippen LogP contribution is 2.33. The van der Waals surface area contributed by atoms with Gasteiger partial charge in [0.1, 0.15) is 11.3 Å². The number of furan rings is 1. The van der Waals surface area contributed by atoms with Crippen LogP contribution in [0.4, 0.5) is 8.78 Å². The lowest BCUT2D eigenvalue weighted by Gasteiger charge is -2.08. The Morgan fingerprint density at radius 1 is 1.14 bits per heavy atom. The molecule has 3 rings (SSSR count). The summed E-state index contributed by atoms with van der Waals surface area (Å²) in [6.07, 6.45) is 0.322. The minimum absolute atomic E-state index is 0.207. The number of hydrogen-bond acceptors (Lipinski definition) is 1. The number of halogens is 3. The third kappa shape index (κ3) is 2.86. The maximum Gasteiger partial charge on any atom is 0.162 e. The summed E-state index contributed by atoms with van der Waals surface area (Å²) in [6, 6.07) is 12.1. The summed E-state index contributed by atoms with van der Waals surface area (Å²) in [5.41, 5.74) is 2.27. The molecular formula is C17H13BrF2O. The van der Waals surface area contributed by atoms with Gasteiger partial charge in [-0.3, -0.25) is 0 Å². The third-order valence-electron chi connectivity index (χ3n) is 3.43. The highest BCUT2D eigenvalue weighted by Gasteiger charge is 2.17. The first kappa shape index (κ1) is 14.3. The SMILES string of the molecule is Cc1ccc2oc(C(Br)Cc3cccc(F)c3F)cc2c1. The van der Waals surface area contributed by atoms with Crippen molar-refractivity contribution in [1.82, 2.24) is 0 Å². The zero-order valence-electron chi connectivity index (χ0n) is 11.4. The van der Waals surface area contributed by atoms with Gasteiger partial charge >= 0.3 is 0 Å². The molecule has 0 aliphatic heterocycles. The van der Waals surface area contributed by atoms with E-state index in [2.05, 4.69) is 15.9 Å². The first-order valence-corrected chi connectivity index (χ1v) is 7.53. The molecule has 3 aromatic rings. The standard InChI is InChI=1S/C17H13BrF2O/c1-10-5-6-15-12(7-10)9-16(21-15)13(18)8-11-3-2-4-14(19)17(11)20/h2-7,9,13H,8H2,1H3. The van der Waals surface area contributed by atoms with Crippen LogP contribution in [-0.4, -0.2) is 0 Å². The Labute approximate surface area is 129 Å². The van der Waals surface area contributed by atoms with Crippen LogP contribution in [0.25, 0.3) is 11.0 Å². The first-order valence-electron chi connectivity index (χ1n) is 6.61. The van der Waals surface area contributed by atoms with E-state index in [1.54, 1.807) is 6.07 Å². The van der Waals surface area contributed by atoms with E-state index in [4.69, 9.17) is 4.42 Å². The van der Waals surface area contributed by atoms with E-state index >= 15 is 0 Å². The summed E-state index contributed by atoms with van der Waals surface area (Å²) < 4.78 is 32.7. The van der Waals surface area contributed by atoms with E-state index in [1.807, 2.05) is 31.2 Å². The van der Waals surface area contributed by atoms with Gasteiger partial charge in [0.05, 0.1) is 4.83 Å². The lowest BCUT2D eigenvalue weighted by molar-refractivity contribution is 0.493. The van der Waals surface area contributed by atoms with Crippen LogP contribution in [0.15, 0.2) is 46.9 Å². The Morgan fingerprint density at radius 2 is 1.95 bits per heavy atom. The molecule has 1 nitrogen and oxygen atoms in total. The van der Waals surface area contributed by atoms with Gasteiger partial charge in [-0.25, -0.2) is 8.78 Å². The number of benzene rings is 2. The second-order valence-electron chi connectivity index (χ2n) is 5.07. The van der Waals surface area contributed by atoms with E-state index in [0.29, 0.717) is 17.7 Å². The third-order valence-corrected chi connectivity index (χ3v) is 4.21. The molecule has 1 aromatic heterocycles. The Kier molecular flexibility index (Phi) is 3.81. The number of fused-ring (bicyclic) bond motifs is 1. The van der Waals surface area contributed by atoms with Crippen LogP contribution in [0, 0.1) is 18.6 Å². The van der Waals surface area contributed by atoms with Gasteiger partial charge in [0, 0.05) is 5.39 Å². The van der Waals surface area contributed by atoms with Crippen molar-refractivity contribution in [2.45, 2.75) is 18.2 Å². The number of alkyl halides is 1. The molecule has 0 radical (unpaired) electrons. The van der Waals surface area contributed by atoms with Gasteiger partial charge in [-0.2, -0.15) is 0 Å². The first-order chi connectivity index (χ1) is 10.0. The van der Waals surface area contributed by atoms with Gasteiger partial charge in [0.15, 0.2) is 11.6 Å². The number of aryl methyl sites for hydroxylation is 1. The fourth-order valence-electron chi connectivity index (χ4n) is 2.34. The molecule has 0 bridgehead atoms. The molecule has 0 aliphatic carbocycles. The number of rotatable bonds is 3. The average Bonchev–Trinajstić information content (AvgIpc) is 2.87. The van der Waals surface area contributed by atoms with Gasteiger partial charge < -0.3 is 4.42 Å². The lowest BCUT2D eigenvalue weighted by Crippen LogP contribution is -1.99. The van der Waals surface area contributed by atoms with E-state index in [-0.39, 0.29) is 4.83 Å². The highest BCUT2D eigenvalue weighted by atomic mass is 79.9. The lowest BCUT2D eigenvalue weighted by atomic mass is 10.1. The molecular weight excluding hydrogens is 338 g/mol. The second kappa shape index (κ2) is 5.60. The summed E-state index contributed by atoms with van der Waals surface area (Å²) in [4.78, 5) is -0.207. The Bertz CT molecular complexity index is 795. The summed E-state index contributed by atoms with van der Waals surface area (Å²) in [5, 5.41) is 1.01.